The number of ether oxygens (including phenoxy) is 1. The minimum absolute atomic E-state index is 0.142. The second-order valence-electron chi connectivity index (χ2n) is 3.65. The van der Waals surface area contributed by atoms with E-state index in [2.05, 4.69) is 31.2 Å². The van der Waals surface area contributed by atoms with Gasteiger partial charge in [0.1, 0.15) is 6.61 Å². The summed E-state index contributed by atoms with van der Waals surface area (Å²) in [6.45, 7) is 2.37. The van der Waals surface area contributed by atoms with Gasteiger partial charge in [-0.2, -0.15) is 0 Å². The van der Waals surface area contributed by atoms with Gasteiger partial charge in [-0.3, -0.25) is 0 Å². The number of hydrogen-bond acceptors (Lipinski definition) is 2. The number of carbonyl (C=O) groups is 1. The van der Waals surface area contributed by atoms with E-state index in [1.54, 1.807) is 0 Å². The van der Waals surface area contributed by atoms with Crippen LogP contribution in [0.5, 0.6) is 0 Å². The van der Waals surface area contributed by atoms with Crippen LogP contribution in [-0.2, 0) is 4.74 Å². The number of hydrogen-bond donors (Lipinski definition) is 0. The number of fused-ring (bicyclic) bond motifs is 1. The monoisotopic (exact) mass is 222 g/mol. The second-order valence-corrected chi connectivity index (χ2v) is 3.96. The van der Waals surface area contributed by atoms with Gasteiger partial charge in [0.25, 0.3) is 0 Å². The van der Waals surface area contributed by atoms with Crippen LogP contribution < -0.4 is 0 Å². The first kappa shape index (κ1) is 10.2. The van der Waals surface area contributed by atoms with Gasteiger partial charge in [-0.15, -0.1) is 0 Å². The van der Waals surface area contributed by atoms with E-state index in [1.165, 1.54) is 16.7 Å². The predicted octanol–water partition coefficient (Wildman–Crippen LogP) is 3.48. The number of rotatable bonds is 2. The van der Waals surface area contributed by atoms with Gasteiger partial charge < -0.3 is 4.74 Å². The average molecular weight is 223 g/mol. The van der Waals surface area contributed by atoms with E-state index in [4.69, 9.17) is 16.3 Å². The molecule has 0 aliphatic heterocycles. The van der Waals surface area contributed by atoms with E-state index >= 15 is 0 Å². The van der Waals surface area contributed by atoms with Gasteiger partial charge in [-0.05, 0) is 18.1 Å². The van der Waals surface area contributed by atoms with Crippen LogP contribution >= 0.6 is 11.6 Å². The highest BCUT2D eigenvalue weighted by molar-refractivity contribution is 6.61. The van der Waals surface area contributed by atoms with Crippen molar-refractivity contribution in [2.24, 2.45) is 0 Å². The van der Waals surface area contributed by atoms with Gasteiger partial charge in [-0.25, -0.2) is 4.79 Å². The van der Waals surface area contributed by atoms with Crippen molar-refractivity contribution >= 4 is 23.1 Å². The van der Waals surface area contributed by atoms with E-state index in [0.29, 0.717) is 6.61 Å². The third-order valence-corrected chi connectivity index (χ3v) is 2.64. The fourth-order valence-electron chi connectivity index (χ4n) is 1.80. The Morgan fingerprint density at radius 2 is 2.33 bits per heavy atom. The Labute approximate surface area is 93.5 Å². The topological polar surface area (TPSA) is 26.3 Å². The lowest BCUT2D eigenvalue weighted by Gasteiger charge is -2.10. The minimum Gasteiger partial charge on any atom is -0.453 e. The molecule has 15 heavy (non-hydrogen) atoms. The second kappa shape index (κ2) is 4.07. The van der Waals surface area contributed by atoms with E-state index in [1.807, 2.05) is 6.08 Å². The normalized spacial score (nSPS) is 17.6. The zero-order chi connectivity index (χ0) is 10.8. The van der Waals surface area contributed by atoms with Crippen molar-refractivity contribution in [3.8, 4) is 0 Å². The maximum atomic E-state index is 10.5. The Hall–Kier alpha value is -1.28. The summed E-state index contributed by atoms with van der Waals surface area (Å²) in [6.07, 6.45) is 4.08. The molecule has 0 fully saturated rings. The van der Waals surface area contributed by atoms with Crippen molar-refractivity contribution < 1.29 is 9.53 Å². The average Bonchev–Trinajstić information content (AvgIpc) is 2.57. The number of halogens is 1. The quantitative estimate of drug-likeness (QED) is 0.717. The van der Waals surface area contributed by atoms with Crippen molar-refractivity contribution in [1.82, 2.24) is 0 Å². The first-order chi connectivity index (χ1) is 7.16. The summed E-state index contributed by atoms with van der Waals surface area (Å²) in [4.78, 5) is 10.5. The van der Waals surface area contributed by atoms with Crippen LogP contribution in [0.4, 0.5) is 4.79 Å². The molecule has 1 aliphatic rings. The molecule has 0 saturated carbocycles. The molecule has 1 aromatic carbocycles. The Balaban J connectivity index is 2.15. The highest BCUT2D eigenvalue weighted by atomic mass is 35.5. The summed E-state index contributed by atoms with van der Waals surface area (Å²) in [5.74, 6) is 0.142. The first-order valence-corrected chi connectivity index (χ1v) is 5.15. The van der Waals surface area contributed by atoms with Gasteiger partial charge in [0.05, 0.1) is 0 Å². The van der Waals surface area contributed by atoms with Crippen molar-refractivity contribution in [3.05, 3.63) is 41.0 Å². The van der Waals surface area contributed by atoms with Crippen molar-refractivity contribution in [1.29, 1.82) is 0 Å². The standard InChI is InChI=1S/C12H11ClO2/c1-8-2-5-11-9(6-8)3-4-10(11)7-15-12(13)14/h2-6,10H,7H2,1H3. The summed E-state index contributed by atoms with van der Waals surface area (Å²) in [6, 6.07) is 6.24. The minimum atomic E-state index is -0.746. The van der Waals surface area contributed by atoms with Gasteiger partial charge in [0.15, 0.2) is 0 Å². The predicted molar refractivity (Wildman–Crippen MR) is 60.2 cm³/mol. The molecular weight excluding hydrogens is 212 g/mol. The van der Waals surface area contributed by atoms with Gasteiger partial charge >= 0.3 is 5.43 Å². The highest BCUT2D eigenvalue weighted by Crippen LogP contribution is 2.30. The molecule has 3 heteroatoms. The third-order valence-electron chi connectivity index (χ3n) is 2.53. The lowest BCUT2D eigenvalue weighted by Crippen LogP contribution is -2.05. The molecule has 1 unspecified atom stereocenters. The zero-order valence-corrected chi connectivity index (χ0v) is 9.12. The van der Waals surface area contributed by atoms with E-state index in [9.17, 15) is 4.79 Å². The van der Waals surface area contributed by atoms with Crippen LogP contribution in [0.25, 0.3) is 6.08 Å². The smallest absolute Gasteiger partial charge is 0.403 e. The lowest BCUT2D eigenvalue weighted by molar-refractivity contribution is 0.170. The van der Waals surface area contributed by atoms with Gasteiger partial charge in [0, 0.05) is 17.5 Å². The Bertz CT molecular complexity index is 424. The molecule has 78 valence electrons. The Morgan fingerprint density at radius 3 is 3.07 bits per heavy atom. The van der Waals surface area contributed by atoms with Crippen LogP contribution in [0.15, 0.2) is 24.3 Å². The molecule has 1 aliphatic carbocycles. The highest BCUT2D eigenvalue weighted by Gasteiger charge is 2.18. The van der Waals surface area contributed by atoms with Gasteiger partial charge in [0.2, 0.25) is 0 Å². The summed E-state index contributed by atoms with van der Waals surface area (Å²) < 4.78 is 4.79. The van der Waals surface area contributed by atoms with E-state index < -0.39 is 5.43 Å². The maximum absolute atomic E-state index is 10.5. The molecule has 2 nitrogen and oxygen atoms in total. The fourth-order valence-corrected chi connectivity index (χ4v) is 1.86. The maximum Gasteiger partial charge on any atom is 0.403 e. The third kappa shape index (κ3) is 2.21. The van der Waals surface area contributed by atoms with Crippen molar-refractivity contribution in [2.75, 3.05) is 6.61 Å². The molecule has 0 N–H and O–H groups in total. The van der Waals surface area contributed by atoms with Crippen molar-refractivity contribution in [2.45, 2.75) is 12.8 Å². The van der Waals surface area contributed by atoms with E-state index in [0.717, 1.165) is 0 Å². The number of aryl methyl sites for hydroxylation is 1. The lowest BCUT2D eigenvalue weighted by atomic mass is 10.00. The molecule has 0 amide bonds. The number of carbonyl (C=O) groups excluding carboxylic acids is 1. The summed E-state index contributed by atoms with van der Waals surface area (Å²) in [5.41, 5.74) is 2.88. The van der Waals surface area contributed by atoms with E-state index in [-0.39, 0.29) is 5.92 Å². The number of benzene rings is 1. The Morgan fingerprint density at radius 1 is 1.53 bits per heavy atom. The largest absolute Gasteiger partial charge is 0.453 e. The fraction of sp³-hybridized carbons (Fsp3) is 0.250. The summed E-state index contributed by atoms with van der Waals surface area (Å²) in [5, 5.41) is 0. The Kier molecular flexibility index (Phi) is 2.78. The van der Waals surface area contributed by atoms with Crippen LogP contribution in [0.3, 0.4) is 0 Å². The molecule has 1 aromatic rings. The summed E-state index contributed by atoms with van der Waals surface area (Å²) >= 11 is 5.12. The molecule has 0 bridgehead atoms. The molecular formula is C12H11ClO2. The van der Waals surface area contributed by atoms with Crippen LogP contribution in [0, 0.1) is 6.92 Å². The SMILES string of the molecule is Cc1ccc2c(c1)C=CC2COC(=O)Cl. The zero-order valence-electron chi connectivity index (χ0n) is 8.37. The molecule has 1 atom stereocenters. The first-order valence-electron chi connectivity index (χ1n) is 4.78. The molecule has 0 radical (unpaired) electrons. The van der Waals surface area contributed by atoms with Crippen LogP contribution in [0.1, 0.15) is 22.6 Å². The van der Waals surface area contributed by atoms with Crippen LogP contribution in [-0.4, -0.2) is 12.0 Å². The molecule has 0 saturated heterocycles. The molecule has 0 aromatic heterocycles. The molecule has 0 heterocycles. The van der Waals surface area contributed by atoms with Gasteiger partial charge in [-0.1, -0.05) is 35.9 Å². The van der Waals surface area contributed by atoms with Crippen LogP contribution in [0.2, 0.25) is 0 Å². The molecule has 0 spiro atoms. The van der Waals surface area contributed by atoms with Crippen molar-refractivity contribution in [3.63, 3.8) is 0 Å². The summed E-state index contributed by atoms with van der Waals surface area (Å²) in [7, 11) is 0. The molecule has 2 rings (SSSR count).